The summed E-state index contributed by atoms with van der Waals surface area (Å²) in [7, 11) is 0. The summed E-state index contributed by atoms with van der Waals surface area (Å²) in [4.78, 5) is 13.4. The van der Waals surface area contributed by atoms with Gasteiger partial charge in [0.25, 0.3) is 0 Å². The Kier molecular flexibility index (Phi) is 11.2. The summed E-state index contributed by atoms with van der Waals surface area (Å²) in [6.07, 6.45) is 8.84. The highest BCUT2D eigenvalue weighted by atomic mass is 31.2. The second-order valence-corrected chi connectivity index (χ2v) is 13.2. The van der Waals surface area contributed by atoms with Crippen LogP contribution >= 0.6 is 6.89 Å². The van der Waals surface area contributed by atoms with Crippen LogP contribution in [-0.4, -0.2) is 37.4 Å². The van der Waals surface area contributed by atoms with E-state index < -0.39 is 6.89 Å². The third-order valence-corrected chi connectivity index (χ3v) is 11.0. The number of ether oxygens (including phenoxy) is 3. The lowest BCUT2D eigenvalue weighted by molar-refractivity contribution is -0.139. The van der Waals surface area contributed by atoms with Crippen LogP contribution < -0.4 is 15.9 Å². The summed E-state index contributed by atoms with van der Waals surface area (Å²) < 4.78 is 17.0. The Morgan fingerprint density at radius 3 is 1.71 bits per heavy atom. The third-order valence-electron chi connectivity index (χ3n) is 7.10. The van der Waals surface area contributed by atoms with Gasteiger partial charge in [-0.3, -0.25) is 0 Å². The predicted molar refractivity (Wildman–Crippen MR) is 159 cm³/mol. The molecule has 0 N–H and O–H groups in total. The normalized spacial score (nSPS) is 14.8. The van der Waals surface area contributed by atoms with Gasteiger partial charge >= 0.3 is 5.97 Å². The monoisotopic (exact) mass is 532 g/mol. The molecule has 4 rings (SSSR count). The number of carbonyl (C=O) groups is 1. The highest BCUT2D eigenvalue weighted by Gasteiger charge is 2.27. The molecule has 0 radical (unpaired) electrons. The van der Waals surface area contributed by atoms with Gasteiger partial charge in [0.1, 0.15) is 0 Å². The number of benzene rings is 3. The SMILES string of the molecule is C[C@H](CCCCCCCCC1OCCO1)OC(=O)C=P(c1ccccc1)(c1ccccc1)c1ccccc1. The number of esters is 1. The highest BCUT2D eigenvalue weighted by molar-refractivity contribution is 7.95. The minimum Gasteiger partial charge on any atom is -0.459 e. The molecule has 1 atom stereocenters. The van der Waals surface area contributed by atoms with Crippen molar-refractivity contribution in [3.63, 3.8) is 0 Å². The molecule has 0 unspecified atom stereocenters. The fourth-order valence-corrected chi connectivity index (χ4v) is 8.78. The van der Waals surface area contributed by atoms with Gasteiger partial charge in [0.2, 0.25) is 0 Å². The van der Waals surface area contributed by atoms with Crippen molar-refractivity contribution in [1.29, 1.82) is 0 Å². The maximum Gasteiger partial charge on any atom is 0.332 e. The average molecular weight is 533 g/mol. The minimum atomic E-state index is -2.34. The summed E-state index contributed by atoms with van der Waals surface area (Å²) in [6, 6.07) is 31.2. The molecule has 38 heavy (non-hydrogen) atoms. The van der Waals surface area contributed by atoms with Gasteiger partial charge in [-0.15, -0.1) is 0 Å². The minimum absolute atomic E-state index is 0.0224. The van der Waals surface area contributed by atoms with E-state index in [1.54, 1.807) is 0 Å². The fourth-order valence-electron chi connectivity index (χ4n) is 5.13. The lowest BCUT2D eigenvalue weighted by Crippen LogP contribution is -2.29. The van der Waals surface area contributed by atoms with Crippen molar-refractivity contribution in [2.24, 2.45) is 0 Å². The van der Waals surface area contributed by atoms with Gasteiger partial charge in [-0.25, -0.2) is 4.79 Å². The zero-order valence-corrected chi connectivity index (χ0v) is 23.4. The molecule has 1 aliphatic heterocycles. The van der Waals surface area contributed by atoms with Gasteiger partial charge in [0.05, 0.1) is 19.3 Å². The fraction of sp³-hybridized carbons (Fsp3) is 0.394. The number of unbranched alkanes of at least 4 members (excludes halogenated alkanes) is 5. The van der Waals surface area contributed by atoms with Crippen LogP contribution in [0.1, 0.15) is 58.3 Å². The van der Waals surface area contributed by atoms with Gasteiger partial charge in [-0.2, -0.15) is 0 Å². The van der Waals surface area contributed by atoms with Crippen LogP contribution in [0.2, 0.25) is 0 Å². The molecule has 1 saturated heterocycles. The van der Waals surface area contributed by atoms with E-state index in [1.165, 1.54) is 19.3 Å². The molecule has 0 aromatic heterocycles. The van der Waals surface area contributed by atoms with Gasteiger partial charge in [-0.1, -0.05) is 117 Å². The summed E-state index contributed by atoms with van der Waals surface area (Å²) in [6.45, 7) is 1.15. The molecule has 0 amide bonds. The molecule has 3 aromatic rings. The lowest BCUT2D eigenvalue weighted by atomic mass is 10.1. The van der Waals surface area contributed by atoms with Gasteiger partial charge < -0.3 is 14.2 Å². The van der Waals surface area contributed by atoms with E-state index in [0.717, 1.165) is 61.2 Å². The predicted octanol–water partition coefficient (Wildman–Crippen LogP) is 6.21. The molecule has 1 fully saturated rings. The molecular weight excluding hydrogens is 491 g/mol. The standard InChI is InChI=1S/C33H41O4P/c1-28(17-9-4-2-3-5-16-24-33-35-25-26-36-33)37-32(34)27-38(29-18-10-6-11-19-29,30-20-12-7-13-21-30)31-22-14-8-15-23-31/h6-8,10-15,18-23,27-28,33H,2-5,9,16-17,24-26H2,1H3/t28-/m1/s1. The first-order valence-corrected chi connectivity index (χ1v) is 15.9. The second-order valence-electron chi connectivity index (χ2n) is 9.98. The second kappa shape index (κ2) is 15.1. The summed E-state index contributed by atoms with van der Waals surface area (Å²) in [5, 5.41) is 3.44. The van der Waals surface area contributed by atoms with E-state index in [2.05, 4.69) is 36.4 Å². The molecule has 3 aromatic carbocycles. The first-order chi connectivity index (χ1) is 18.7. The Hall–Kier alpha value is -2.65. The third kappa shape index (κ3) is 7.93. The van der Waals surface area contributed by atoms with Crippen LogP contribution in [0.25, 0.3) is 0 Å². The van der Waals surface area contributed by atoms with Gasteiger partial charge in [-0.05, 0) is 55.4 Å². The number of rotatable bonds is 14. The van der Waals surface area contributed by atoms with Crippen molar-refractivity contribution in [3.05, 3.63) is 91.0 Å². The molecule has 202 valence electrons. The molecular formula is C33H41O4P. The highest BCUT2D eigenvalue weighted by Crippen LogP contribution is 2.43. The van der Waals surface area contributed by atoms with Crippen molar-refractivity contribution in [1.82, 2.24) is 0 Å². The Morgan fingerprint density at radius 2 is 1.21 bits per heavy atom. The smallest absolute Gasteiger partial charge is 0.332 e. The first kappa shape index (κ1) is 28.4. The summed E-state index contributed by atoms with van der Waals surface area (Å²) in [5.74, 6) is 1.64. The first-order valence-electron chi connectivity index (χ1n) is 14.0. The largest absolute Gasteiger partial charge is 0.459 e. The van der Waals surface area contributed by atoms with Crippen molar-refractivity contribution in [2.45, 2.75) is 70.7 Å². The zero-order chi connectivity index (χ0) is 26.5. The van der Waals surface area contributed by atoms with Crippen LogP contribution in [0.5, 0.6) is 0 Å². The van der Waals surface area contributed by atoms with Gasteiger partial charge in [0.15, 0.2) is 6.29 Å². The van der Waals surface area contributed by atoms with E-state index in [9.17, 15) is 4.79 Å². The van der Waals surface area contributed by atoms with Crippen molar-refractivity contribution >= 4 is 34.6 Å². The van der Waals surface area contributed by atoms with Crippen molar-refractivity contribution < 1.29 is 19.0 Å². The van der Waals surface area contributed by atoms with E-state index in [0.29, 0.717) is 0 Å². The summed E-state index contributed by atoms with van der Waals surface area (Å²) >= 11 is 0. The lowest BCUT2D eigenvalue weighted by Gasteiger charge is -2.28. The molecule has 0 saturated carbocycles. The van der Waals surface area contributed by atoms with E-state index >= 15 is 0 Å². The van der Waals surface area contributed by atoms with E-state index in [-0.39, 0.29) is 18.4 Å². The van der Waals surface area contributed by atoms with Crippen LogP contribution in [0.4, 0.5) is 0 Å². The van der Waals surface area contributed by atoms with Crippen molar-refractivity contribution in [3.8, 4) is 0 Å². The van der Waals surface area contributed by atoms with E-state index in [4.69, 9.17) is 14.2 Å². The van der Waals surface area contributed by atoms with Crippen molar-refractivity contribution in [2.75, 3.05) is 13.2 Å². The quantitative estimate of drug-likeness (QED) is 0.141. The van der Waals surface area contributed by atoms with Crippen LogP contribution in [0, 0.1) is 0 Å². The van der Waals surface area contributed by atoms with Crippen LogP contribution in [0.15, 0.2) is 91.0 Å². The Morgan fingerprint density at radius 1 is 0.763 bits per heavy atom. The molecule has 0 aliphatic carbocycles. The Balaban J connectivity index is 1.37. The Labute approximate surface area is 228 Å². The van der Waals surface area contributed by atoms with Gasteiger partial charge in [0, 0.05) is 5.80 Å². The maximum absolute atomic E-state index is 13.4. The average Bonchev–Trinajstić information content (AvgIpc) is 3.48. The zero-order valence-electron chi connectivity index (χ0n) is 22.5. The van der Waals surface area contributed by atoms with E-state index in [1.807, 2.05) is 67.3 Å². The molecule has 1 heterocycles. The van der Waals surface area contributed by atoms with Crippen LogP contribution in [0.3, 0.4) is 0 Å². The summed E-state index contributed by atoms with van der Waals surface area (Å²) in [5.41, 5.74) is 0. The molecule has 0 spiro atoms. The Bertz CT molecular complexity index is 1040. The molecule has 5 heteroatoms. The topological polar surface area (TPSA) is 44.8 Å². The molecule has 1 aliphatic rings. The van der Waals surface area contributed by atoms with Crippen LogP contribution in [-0.2, 0) is 19.0 Å². The number of hydrogen-bond acceptors (Lipinski definition) is 4. The maximum atomic E-state index is 13.4. The number of carbonyl (C=O) groups excluding carboxylic acids is 1. The molecule has 4 nitrogen and oxygen atoms in total. The molecule has 0 bridgehead atoms. The number of hydrogen-bond donors (Lipinski definition) is 0.